The van der Waals surface area contributed by atoms with E-state index in [9.17, 15) is 8.42 Å². The van der Waals surface area contributed by atoms with Crippen LogP contribution in [0.4, 0.5) is 0 Å². The molecule has 4 nitrogen and oxygen atoms in total. The molecule has 0 saturated carbocycles. The summed E-state index contributed by atoms with van der Waals surface area (Å²) in [6.07, 6.45) is 0. The fourth-order valence-corrected chi connectivity index (χ4v) is 3.30. The lowest BCUT2D eigenvalue weighted by molar-refractivity contribution is 0.410. The van der Waals surface area contributed by atoms with Gasteiger partial charge in [0, 0.05) is 29.2 Å². The average Bonchev–Trinajstić information content (AvgIpc) is 2.10. The Balaban J connectivity index is 2.27. The van der Waals surface area contributed by atoms with E-state index in [1.54, 1.807) is 0 Å². The van der Waals surface area contributed by atoms with Gasteiger partial charge in [0.1, 0.15) is 0 Å². The van der Waals surface area contributed by atoms with Crippen LogP contribution < -0.4 is 10.0 Å². The van der Waals surface area contributed by atoms with Crippen molar-refractivity contribution in [1.82, 2.24) is 10.0 Å². The van der Waals surface area contributed by atoms with Gasteiger partial charge in [-0.2, -0.15) is 0 Å². The van der Waals surface area contributed by atoms with E-state index in [4.69, 9.17) is 23.2 Å². The molecule has 0 radical (unpaired) electrons. The van der Waals surface area contributed by atoms with Crippen LogP contribution in [-0.4, -0.2) is 27.5 Å². The van der Waals surface area contributed by atoms with Crippen molar-refractivity contribution in [1.29, 1.82) is 0 Å². The smallest absolute Gasteiger partial charge is 0.241 e. The van der Waals surface area contributed by atoms with Crippen molar-refractivity contribution in [2.75, 3.05) is 13.1 Å². The van der Waals surface area contributed by atoms with Crippen molar-refractivity contribution in [2.45, 2.75) is 10.9 Å². The van der Waals surface area contributed by atoms with Gasteiger partial charge in [0.25, 0.3) is 0 Å². The summed E-state index contributed by atoms with van der Waals surface area (Å²) >= 11 is 11.5. The molecule has 1 heterocycles. The Morgan fingerprint density at radius 2 is 1.75 bits per heavy atom. The summed E-state index contributed by atoms with van der Waals surface area (Å²) in [4.78, 5) is 0.0944. The highest BCUT2D eigenvalue weighted by molar-refractivity contribution is 7.89. The van der Waals surface area contributed by atoms with Crippen molar-refractivity contribution in [3.63, 3.8) is 0 Å². The SMILES string of the molecule is O=S(=O)(NC1CNC1)c1cc(Cl)cc(Cl)c1. The zero-order valence-corrected chi connectivity index (χ0v) is 10.5. The van der Waals surface area contributed by atoms with Gasteiger partial charge in [0.2, 0.25) is 10.0 Å². The van der Waals surface area contributed by atoms with Crippen LogP contribution in [0.2, 0.25) is 10.0 Å². The van der Waals surface area contributed by atoms with Gasteiger partial charge in [-0.05, 0) is 18.2 Å². The van der Waals surface area contributed by atoms with E-state index < -0.39 is 10.0 Å². The molecule has 1 aliphatic rings. The number of nitrogens with one attached hydrogen (secondary N) is 2. The quantitative estimate of drug-likeness (QED) is 0.876. The number of hydrogen-bond donors (Lipinski definition) is 2. The predicted molar refractivity (Wildman–Crippen MR) is 63.4 cm³/mol. The summed E-state index contributed by atoms with van der Waals surface area (Å²) in [6, 6.07) is 4.19. The first-order valence-electron chi connectivity index (χ1n) is 4.66. The molecule has 2 N–H and O–H groups in total. The molecule has 0 atom stereocenters. The van der Waals surface area contributed by atoms with Crippen LogP contribution in [0.1, 0.15) is 0 Å². The highest BCUT2D eigenvalue weighted by atomic mass is 35.5. The molecule has 88 valence electrons. The van der Waals surface area contributed by atoms with Gasteiger partial charge >= 0.3 is 0 Å². The Kier molecular flexibility index (Phi) is 3.42. The molecule has 1 aromatic carbocycles. The normalized spacial score (nSPS) is 17.1. The monoisotopic (exact) mass is 280 g/mol. The number of hydrogen-bond acceptors (Lipinski definition) is 3. The highest BCUT2D eigenvalue weighted by Crippen LogP contribution is 2.22. The summed E-state index contributed by atoms with van der Waals surface area (Å²) in [7, 11) is -3.52. The summed E-state index contributed by atoms with van der Waals surface area (Å²) < 4.78 is 26.3. The van der Waals surface area contributed by atoms with Gasteiger partial charge in [-0.15, -0.1) is 0 Å². The van der Waals surface area contributed by atoms with Gasteiger partial charge in [0.15, 0.2) is 0 Å². The van der Waals surface area contributed by atoms with Crippen LogP contribution in [0, 0.1) is 0 Å². The molecule has 0 spiro atoms. The van der Waals surface area contributed by atoms with Gasteiger partial charge in [0.05, 0.1) is 4.90 Å². The van der Waals surface area contributed by atoms with E-state index in [0.29, 0.717) is 23.1 Å². The van der Waals surface area contributed by atoms with Gasteiger partial charge in [-0.25, -0.2) is 13.1 Å². The Bertz CT molecular complexity index is 480. The Morgan fingerprint density at radius 3 is 2.19 bits per heavy atom. The zero-order valence-electron chi connectivity index (χ0n) is 8.20. The molecular weight excluding hydrogens is 271 g/mol. The third-order valence-electron chi connectivity index (χ3n) is 2.25. The van der Waals surface area contributed by atoms with E-state index in [1.807, 2.05) is 0 Å². The lowest BCUT2D eigenvalue weighted by Crippen LogP contribution is -2.56. The minimum Gasteiger partial charge on any atom is -0.313 e. The van der Waals surface area contributed by atoms with Crippen LogP contribution in [0.3, 0.4) is 0 Å². The van der Waals surface area contributed by atoms with Crippen molar-refractivity contribution >= 4 is 33.2 Å². The fraction of sp³-hybridized carbons (Fsp3) is 0.333. The molecule has 0 unspecified atom stereocenters. The van der Waals surface area contributed by atoms with Gasteiger partial charge in [-0.1, -0.05) is 23.2 Å². The molecule has 1 saturated heterocycles. The van der Waals surface area contributed by atoms with Crippen LogP contribution >= 0.6 is 23.2 Å². The van der Waals surface area contributed by atoms with Crippen LogP contribution in [-0.2, 0) is 10.0 Å². The molecule has 0 aliphatic carbocycles. The van der Waals surface area contributed by atoms with Crippen molar-refractivity contribution < 1.29 is 8.42 Å². The minimum absolute atomic E-state index is 0.0530. The third kappa shape index (κ3) is 2.67. The van der Waals surface area contributed by atoms with Crippen LogP contribution in [0.15, 0.2) is 23.1 Å². The lowest BCUT2D eigenvalue weighted by Gasteiger charge is -2.27. The van der Waals surface area contributed by atoms with Crippen LogP contribution in [0.25, 0.3) is 0 Å². The Labute approximate surface area is 104 Å². The van der Waals surface area contributed by atoms with Gasteiger partial charge < -0.3 is 5.32 Å². The molecule has 0 amide bonds. The maximum Gasteiger partial charge on any atom is 0.241 e. The third-order valence-corrected chi connectivity index (χ3v) is 4.19. The first-order valence-corrected chi connectivity index (χ1v) is 6.90. The van der Waals surface area contributed by atoms with E-state index in [1.165, 1.54) is 18.2 Å². The second-order valence-corrected chi connectivity index (χ2v) is 6.17. The van der Waals surface area contributed by atoms with Crippen LogP contribution in [0.5, 0.6) is 0 Å². The summed E-state index contributed by atoms with van der Waals surface area (Å²) in [6.45, 7) is 1.29. The summed E-state index contributed by atoms with van der Waals surface area (Å²) in [5.41, 5.74) is 0. The van der Waals surface area contributed by atoms with Crippen molar-refractivity contribution in [2.24, 2.45) is 0 Å². The first-order chi connectivity index (χ1) is 7.47. The highest BCUT2D eigenvalue weighted by Gasteiger charge is 2.24. The maximum absolute atomic E-state index is 11.9. The molecular formula is C9H10Cl2N2O2S. The molecule has 16 heavy (non-hydrogen) atoms. The second kappa shape index (κ2) is 4.50. The Morgan fingerprint density at radius 1 is 1.19 bits per heavy atom. The largest absolute Gasteiger partial charge is 0.313 e. The van der Waals surface area contributed by atoms with E-state index in [-0.39, 0.29) is 10.9 Å². The molecule has 1 aliphatic heterocycles. The summed E-state index contributed by atoms with van der Waals surface area (Å²) in [5, 5.41) is 3.59. The number of benzene rings is 1. The van der Waals surface area contributed by atoms with E-state index in [2.05, 4.69) is 10.0 Å². The minimum atomic E-state index is -3.52. The number of rotatable bonds is 3. The van der Waals surface area contributed by atoms with Crippen molar-refractivity contribution in [3.8, 4) is 0 Å². The topological polar surface area (TPSA) is 58.2 Å². The number of halogens is 2. The summed E-state index contributed by atoms with van der Waals surface area (Å²) in [5.74, 6) is 0. The van der Waals surface area contributed by atoms with Gasteiger partial charge in [-0.3, -0.25) is 0 Å². The molecule has 1 fully saturated rings. The fourth-order valence-electron chi connectivity index (χ4n) is 1.34. The zero-order chi connectivity index (χ0) is 11.8. The standard InChI is InChI=1S/C9H10Cl2N2O2S/c10-6-1-7(11)3-9(2-6)16(14,15)13-8-4-12-5-8/h1-3,8,12-13H,4-5H2. The number of sulfonamides is 1. The molecule has 1 aromatic rings. The maximum atomic E-state index is 11.9. The predicted octanol–water partition coefficient (Wildman–Crippen LogP) is 1.24. The van der Waals surface area contributed by atoms with E-state index in [0.717, 1.165) is 0 Å². The lowest BCUT2D eigenvalue weighted by atomic mass is 10.2. The molecule has 7 heteroatoms. The van der Waals surface area contributed by atoms with E-state index >= 15 is 0 Å². The molecule has 0 aromatic heterocycles. The molecule has 2 rings (SSSR count). The first kappa shape index (κ1) is 12.1. The molecule has 0 bridgehead atoms. The average molecular weight is 281 g/mol. The second-order valence-electron chi connectivity index (χ2n) is 3.58. The Hall–Kier alpha value is -0.330. The van der Waals surface area contributed by atoms with Crippen molar-refractivity contribution in [3.05, 3.63) is 28.2 Å².